The molecular formula is C19H30N4O. The molecule has 1 saturated carbocycles. The number of carbonyl (C=O) groups is 1. The number of nitrogens with one attached hydrogen (secondary N) is 1. The van der Waals surface area contributed by atoms with Gasteiger partial charge in [-0.15, -0.1) is 0 Å². The van der Waals surface area contributed by atoms with Crippen LogP contribution < -0.4 is 11.1 Å². The number of carbonyl (C=O) groups excluding carboxylic acids is 1. The van der Waals surface area contributed by atoms with Gasteiger partial charge in [0, 0.05) is 44.5 Å². The maximum atomic E-state index is 12.2. The van der Waals surface area contributed by atoms with Crippen LogP contribution in [0.1, 0.15) is 37.7 Å². The molecular weight excluding hydrogens is 300 g/mol. The zero-order valence-electron chi connectivity index (χ0n) is 14.5. The monoisotopic (exact) mass is 330 g/mol. The Bertz CT molecular complexity index is 534. The number of rotatable bonds is 5. The topological polar surface area (TPSA) is 61.6 Å². The molecule has 3 rings (SSSR count). The fourth-order valence-electron chi connectivity index (χ4n) is 3.78. The molecule has 1 aromatic rings. The molecule has 0 aromatic heterocycles. The van der Waals surface area contributed by atoms with Gasteiger partial charge in [0.05, 0.1) is 6.54 Å². The maximum Gasteiger partial charge on any atom is 0.234 e. The van der Waals surface area contributed by atoms with Crippen molar-refractivity contribution < 1.29 is 4.79 Å². The summed E-state index contributed by atoms with van der Waals surface area (Å²) in [4.78, 5) is 16.9. The number of amides is 1. The van der Waals surface area contributed by atoms with Gasteiger partial charge in [0.25, 0.3) is 0 Å². The molecule has 0 bridgehead atoms. The Labute approximate surface area is 145 Å². The Morgan fingerprint density at radius 2 is 1.79 bits per heavy atom. The van der Waals surface area contributed by atoms with Crippen LogP contribution in [0.3, 0.4) is 0 Å². The number of hydrogen-bond acceptors (Lipinski definition) is 4. The average Bonchev–Trinajstić information content (AvgIpc) is 2.57. The molecule has 5 nitrogen and oxygen atoms in total. The molecule has 0 spiro atoms. The number of benzene rings is 1. The van der Waals surface area contributed by atoms with E-state index in [1.807, 2.05) is 18.2 Å². The third-order valence-electron chi connectivity index (χ3n) is 5.16. The van der Waals surface area contributed by atoms with Crippen LogP contribution in [0.5, 0.6) is 0 Å². The number of anilines is 1. The second-order valence-corrected chi connectivity index (χ2v) is 7.20. The van der Waals surface area contributed by atoms with Crippen molar-refractivity contribution in [1.82, 2.24) is 15.1 Å². The van der Waals surface area contributed by atoms with E-state index in [4.69, 9.17) is 5.73 Å². The highest BCUT2D eigenvalue weighted by molar-refractivity contribution is 5.78. The van der Waals surface area contributed by atoms with Gasteiger partial charge in [0.2, 0.25) is 5.91 Å². The highest BCUT2D eigenvalue weighted by atomic mass is 16.2. The molecule has 1 aliphatic carbocycles. The van der Waals surface area contributed by atoms with E-state index in [2.05, 4.69) is 21.2 Å². The highest BCUT2D eigenvalue weighted by Gasteiger charge is 2.21. The smallest absolute Gasteiger partial charge is 0.234 e. The van der Waals surface area contributed by atoms with Gasteiger partial charge in [0.1, 0.15) is 0 Å². The molecule has 3 N–H and O–H groups in total. The molecule has 24 heavy (non-hydrogen) atoms. The van der Waals surface area contributed by atoms with Crippen molar-refractivity contribution in [1.29, 1.82) is 0 Å². The SMILES string of the molecule is Nc1cccc(CN2CCN(CC(=O)NC3CCCCC3)CC2)c1. The van der Waals surface area contributed by atoms with Crippen molar-refractivity contribution in [3.63, 3.8) is 0 Å². The second-order valence-electron chi connectivity index (χ2n) is 7.20. The minimum atomic E-state index is 0.200. The van der Waals surface area contributed by atoms with Crippen molar-refractivity contribution in [3.05, 3.63) is 29.8 Å². The van der Waals surface area contributed by atoms with E-state index >= 15 is 0 Å². The van der Waals surface area contributed by atoms with Crippen molar-refractivity contribution in [2.45, 2.75) is 44.7 Å². The van der Waals surface area contributed by atoms with E-state index in [-0.39, 0.29) is 5.91 Å². The zero-order valence-corrected chi connectivity index (χ0v) is 14.5. The van der Waals surface area contributed by atoms with Gasteiger partial charge in [-0.1, -0.05) is 31.4 Å². The molecule has 0 unspecified atom stereocenters. The minimum absolute atomic E-state index is 0.200. The number of piperazine rings is 1. The van der Waals surface area contributed by atoms with Crippen LogP contribution in [0.25, 0.3) is 0 Å². The molecule has 1 aromatic carbocycles. The number of nitrogens with zero attached hydrogens (tertiary/aromatic N) is 2. The van der Waals surface area contributed by atoms with Crippen molar-refractivity contribution in [2.75, 3.05) is 38.5 Å². The Balaban J connectivity index is 1.37. The first kappa shape index (κ1) is 17.2. The summed E-state index contributed by atoms with van der Waals surface area (Å²) in [7, 11) is 0. The van der Waals surface area contributed by atoms with Crippen LogP contribution in [0.2, 0.25) is 0 Å². The Hall–Kier alpha value is -1.59. The molecule has 2 aliphatic rings. The zero-order chi connectivity index (χ0) is 16.8. The van der Waals surface area contributed by atoms with Gasteiger partial charge in [-0.05, 0) is 30.5 Å². The summed E-state index contributed by atoms with van der Waals surface area (Å²) in [5.74, 6) is 0.200. The summed E-state index contributed by atoms with van der Waals surface area (Å²) in [5, 5.41) is 3.22. The van der Waals surface area contributed by atoms with Gasteiger partial charge in [-0.25, -0.2) is 0 Å². The molecule has 0 atom stereocenters. The van der Waals surface area contributed by atoms with Gasteiger partial charge in [-0.2, -0.15) is 0 Å². The fraction of sp³-hybridized carbons (Fsp3) is 0.632. The molecule has 132 valence electrons. The van der Waals surface area contributed by atoms with Crippen molar-refractivity contribution in [3.8, 4) is 0 Å². The number of nitrogen functional groups attached to an aromatic ring is 1. The van der Waals surface area contributed by atoms with Crippen LogP contribution in [0, 0.1) is 0 Å². The van der Waals surface area contributed by atoms with Gasteiger partial charge < -0.3 is 11.1 Å². The van der Waals surface area contributed by atoms with E-state index in [0.29, 0.717) is 12.6 Å². The molecule has 1 saturated heterocycles. The maximum absolute atomic E-state index is 12.2. The second kappa shape index (κ2) is 8.49. The Morgan fingerprint density at radius 1 is 1.08 bits per heavy atom. The first-order valence-electron chi connectivity index (χ1n) is 9.27. The van der Waals surface area contributed by atoms with E-state index in [1.54, 1.807) is 0 Å². The first-order chi connectivity index (χ1) is 11.7. The lowest BCUT2D eigenvalue weighted by molar-refractivity contribution is -0.123. The summed E-state index contributed by atoms with van der Waals surface area (Å²) < 4.78 is 0. The third kappa shape index (κ3) is 5.21. The summed E-state index contributed by atoms with van der Waals surface area (Å²) in [6.45, 7) is 5.41. The van der Waals surface area contributed by atoms with Gasteiger partial charge in [0.15, 0.2) is 0 Å². The largest absolute Gasteiger partial charge is 0.399 e. The van der Waals surface area contributed by atoms with Crippen LogP contribution in [-0.2, 0) is 11.3 Å². The van der Waals surface area contributed by atoms with Crippen LogP contribution in [-0.4, -0.2) is 54.5 Å². The van der Waals surface area contributed by atoms with Crippen molar-refractivity contribution in [2.24, 2.45) is 0 Å². The lowest BCUT2D eigenvalue weighted by Gasteiger charge is -2.34. The van der Waals surface area contributed by atoms with E-state index in [0.717, 1.165) is 51.3 Å². The first-order valence-corrected chi connectivity index (χ1v) is 9.27. The average molecular weight is 330 g/mol. The molecule has 1 aliphatic heterocycles. The standard InChI is InChI=1S/C19H30N4O/c20-17-6-4-5-16(13-17)14-22-9-11-23(12-10-22)15-19(24)21-18-7-2-1-3-8-18/h4-6,13,18H,1-3,7-12,14-15,20H2,(H,21,24). The predicted octanol–water partition coefficient (Wildman–Crippen LogP) is 1.84. The predicted molar refractivity (Wildman–Crippen MR) is 97.6 cm³/mol. The van der Waals surface area contributed by atoms with E-state index < -0.39 is 0 Å². The molecule has 2 fully saturated rings. The fourth-order valence-corrected chi connectivity index (χ4v) is 3.78. The van der Waals surface area contributed by atoms with Crippen LogP contribution in [0.15, 0.2) is 24.3 Å². The highest BCUT2D eigenvalue weighted by Crippen LogP contribution is 2.17. The lowest BCUT2D eigenvalue weighted by atomic mass is 9.95. The molecule has 1 heterocycles. The van der Waals surface area contributed by atoms with E-state index in [9.17, 15) is 4.79 Å². The number of hydrogen-bond donors (Lipinski definition) is 2. The summed E-state index contributed by atoms with van der Waals surface area (Å²) in [6, 6.07) is 8.52. The summed E-state index contributed by atoms with van der Waals surface area (Å²) >= 11 is 0. The lowest BCUT2D eigenvalue weighted by Crippen LogP contribution is -2.50. The van der Waals surface area contributed by atoms with Gasteiger partial charge in [-0.3, -0.25) is 14.6 Å². The van der Waals surface area contributed by atoms with Gasteiger partial charge >= 0.3 is 0 Å². The third-order valence-corrected chi connectivity index (χ3v) is 5.16. The minimum Gasteiger partial charge on any atom is -0.399 e. The quantitative estimate of drug-likeness (QED) is 0.809. The van der Waals surface area contributed by atoms with Crippen molar-refractivity contribution >= 4 is 11.6 Å². The molecule has 1 amide bonds. The normalized spacial score (nSPS) is 20.8. The number of nitrogens with two attached hydrogens (primary N) is 1. The Morgan fingerprint density at radius 3 is 2.50 bits per heavy atom. The summed E-state index contributed by atoms with van der Waals surface area (Å²) in [6.07, 6.45) is 6.14. The Kier molecular flexibility index (Phi) is 6.10. The van der Waals surface area contributed by atoms with Crippen LogP contribution in [0.4, 0.5) is 5.69 Å². The van der Waals surface area contributed by atoms with Crippen LogP contribution >= 0.6 is 0 Å². The molecule has 0 radical (unpaired) electrons. The molecule has 5 heteroatoms. The van der Waals surface area contributed by atoms with E-state index in [1.165, 1.54) is 24.8 Å². The summed E-state index contributed by atoms with van der Waals surface area (Å²) in [5.41, 5.74) is 7.93.